The van der Waals surface area contributed by atoms with Crippen LogP contribution in [0.2, 0.25) is 30.1 Å². The Morgan fingerprint density at radius 2 is 0.679 bits per heavy atom. The van der Waals surface area contributed by atoms with Crippen molar-refractivity contribution in [3.8, 4) is 0 Å². The predicted octanol–water partition coefficient (Wildman–Crippen LogP) is 18.8. The minimum atomic E-state index is -2.40. The van der Waals surface area contributed by atoms with E-state index < -0.39 is 154 Å². The van der Waals surface area contributed by atoms with Crippen LogP contribution >= 0.6 is 69.6 Å². The molecule has 0 radical (unpaired) electrons. The second kappa shape index (κ2) is 31.9. The van der Waals surface area contributed by atoms with Gasteiger partial charge < -0.3 is 34.4 Å². The summed E-state index contributed by atoms with van der Waals surface area (Å²) in [6.45, 7) is 6.89. The predicted molar refractivity (Wildman–Crippen MR) is 431 cm³/mol. The Kier molecular flexibility index (Phi) is 14.0. The third-order valence-electron chi connectivity index (χ3n) is 20.5. The number of primary amides is 6. The van der Waals surface area contributed by atoms with Gasteiger partial charge in [0.1, 0.15) is 0 Å². The van der Waals surface area contributed by atoms with Crippen LogP contribution in [0.4, 0.5) is 0 Å². The molecule has 0 heterocycles. The van der Waals surface area contributed by atoms with Crippen molar-refractivity contribution in [3.05, 3.63) is 237 Å². The van der Waals surface area contributed by atoms with E-state index in [0.717, 1.165) is 16.7 Å². The summed E-state index contributed by atoms with van der Waals surface area (Å²) in [5, 5.41) is 1.35. The third-order valence-corrected chi connectivity index (χ3v) is 22.3. The number of benzene rings is 6. The van der Waals surface area contributed by atoms with Crippen molar-refractivity contribution in [1.29, 1.82) is 0 Å². The van der Waals surface area contributed by atoms with Crippen molar-refractivity contribution >= 4 is 138 Å². The smallest absolute Gasteiger partial charge is 0.224 e. The van der Waals surface area contributed by atoms with Crippen LogP contribution in [0.25, 0.3) is 33.4 Å². The van der Waals surface area contributed by atoms with E-state index in [1.165, 1.54) is 0 Å². The first-order chi connectivity index (χ1) is 62.5. The van der Waals surface area contributed by atoms with Gasteiger partial charge in [-0.1, -0.05) is 99.9 Å². The van der Waals surface area contributed by atoms with E-state index in [0.29, 0.717) is 124 Å². The van der Waals surface area contributed by atoms with Crippen LogP contribution in [-0.4, -0.2) is 35.4 Å². The Labute approximate surface area is 695 Å². The fourth-order valence-electron chi connectivity index (χ4n) is 15.0. The second-order valence-corrected chi connectivity index (χ2v) is 29.5. The summed E-state index contributed by atoms with van der Waals surface area (Å²) in [7, 11) is 0. The Morgan fingerprint density at radius 1 is 0.330 bits per heavy atom. The summed E-state index contributed by atoms with van der Waals surface area (Å²) in [6, 6.07) is 13.3. The van der Waals surface area contributed by atoms with E-state index in [1.54, 1.807) is 69.3 Å². The molecule has 6 amide bonds. The van der Waals surface area contributed by atoms with E-state index >= 15 is 0 Å². The molecule has 6 unspecified atom stereocenters. The molecule has 12 N–H and O–H groups in total. The molecule has 12 aliphatic carbocycles. The average Bonchev–Trinajstić information content (AvgIpc) is 1.68. The van der Waals surface area contributed by atoms with Crippen LogP contribution in [0.15, 0.2) is 118 Å². The summed E-state index contributed by atoms with van der Waals surface area (Å²) in [6.07, 6.45) is -28.2. The van der Waals surface area contributed by atoms with Crippen molar-refractivity contribution in [2.75, 3.05) is 0 Å². The minimum Gasteiger partial charge on any atom is -0.369 e. The Balaban J connectivity index is 0.000000139. The largest absolute Gasteiger partial charge is 0.369 e. The van der Waals surface area contributed by atoms with Crippen LogP contribution in [0.5, 0.6) is 0 Å². The van der Waals surface area contributed by atoms with Crippen molar-refractivity contribution < 1.29 is 71.3 Å². The first-order valence-corrected chi connectivity index (χ1v) is 36.1. The van der Waals surface area contributed by atoms with Gasteiger partial charge in [0.05, 0.1) is 43.7 Å². The van der Waals surface area contributed by atoms with Crippen LogP contribution < -0.4 is 34.4 Å². The normalized spacial score (nSPS) is 32.6. The highest BCUT2D eigenvalue weighted by Gasteiger charge is 2.40. The molecule has 6 aromatic carbocycles. The molecule has 0 saturated carbocycles. The number of carbonyl (C=O) groups is 6. The molecule has 6 atom stereocenters. The lowest BCUT2D eigenvalue weighted by Crippen LogP contribution is -2.27. The van der Waals surface area contributed by atoms with E-state index in [9.17, 15) is 28.8 Å². The maximum atomic E-state index is 11.8. The third kappa shape index (κ3) is 15.4. The van der Waals surface area contributed by atoms with Gasteiger partial charge in [-0.2, -0.15) is 0 Å². The zero-order valence-electron chi connectivity index (χ0n) is 88.7. The van der Waals surface area contributed by atoms with Crippen molar-refractivity contribution in [2.45, 2.75) is 181 Å². The molecule has 0 aliphatic heterocycles. The standard InChI is InChI=1S/4C15H16ClNO.2C14H14ClNO/c3*1-8-5-9-6-13-10(12(9)7-14(8)16)3-2-4-11(13)15(17)18;1-8-5-9(16)6-13-10-3-2-4-11(15(17)18)14(10)7-12(8)13;2*15-9-5-4-8-6-13-10(12(8)7-9)2-1-3-11(13)14(16)17/h3*5,7,11H,2-4,6H2,1H3,(H2,17,18);5-6,11H,2-4,7H2,1H3,(H2,17,18);2*4-5,7,11H,1-3,6H2,(H2,16,17)/i2D2,3D2,5D,7D;2D2,3D2,7D;2D2,3D2,5D;2D2,3D2,6D;1D2,2D2,11D;1D2,2D2,7D. The number of carbonyl (C=O) groups excluding carboxylic acids is 6. The number of allylic oxidation sites excluding steroid dienone is 6. The number of fused-ring (bicyclic) bond motifs is 12. The first kappa shape index (κ1) is 46.6. The van der Waals surface area contributed by atoms with Gasteiger partial charge in [-0.05, 0) is 392 Å². The molecule has 106 heavy (non-hydrogen) atoms. The highest BCUT2D eigenvalue weighted by atomic mass is 35.5. The molecule has 18 rings (SSSR count). The van der Waals surface area contributed by atoms with Gasteiger partial charge in [0.25, 0.3) is 0 Å². The Morgan fingerprint density at radius 3 is 1.17 bits per heavy atom. The molecule has 0 spiro atoms. The van der Waals surface area contributed by atoms with E-state index in [-0.39, 0.29) is 152 Å². The molecule has 18 heteroatoms. The summed E-state index contributed by atoms with van der Waals surface area (Å²) >= 11 is 36.4. The minimum absolute atomic E-state index is 0.0172. The molecular weight excluding hydrogens is 1450 g/mol. The van der Waals surface area contributed by atoms with E-state index in [1.807, 2.05) is 6.92 Å². The number of hydrogen-bond donors (Lipinski definition) is 6. The molecule has 0 bridgehead atoms. The quantitative estimate of drug-likeness (QED) is 0.0944. The SMILES string of the molecule is [2H]C1(C(N)=O)CC([2H])([2H])C([2H])([2H])C2=C1Cc1ccc(Cl)cc12.[2H]c1c(C)c(Cl)c([2H])c2c1CC1=C2C([2H])([2H])C([2H])([2H])CC1C(N)=O.[2H]c1c(C)c(Cl)cc2c1CC1=C2C([2H])([2H])C([2H])([2H])CC1C(N)=O.[2H]c1c(Cl)c(C)cc2c1C1=C(C2)C(C(N)=O)CC([2H])([2H])C1([2H])[2H].[2H]c1c(Cl)cc(C)c2c1C1=C(C2)C(C(N)=O)CC([2H])([2H])C1([2H])[2H].[2H]c1c(Cl)ccc2c1C1=C(C2)C(C(N)=O)CC([2H])([2H])C1([2H])[2H]. The van der Waals surface area contributed by atoms with Gasteiger partial charge in [0.15, 0.2) is 0 Å². The monoisotopic (exact) mass is 1570 g/mol. The van der Waals surface area contributed by atoms with Gasteiger partial charge in [0, 0.05) is 64.4 Å². The zero-order chi connectivity index (χ0) is 103. The van der Waals surface area contributed by atoms with Crippen LogP contribution in [0.1, 0.15) is 247 Å². The van der Waals surface area contributed by atoms with Gasteiger partial charge in [0.2, 0.25) is 35.4 Å². The van der Waals surface area contributed by atoms with Crippen LogP contribution in [0.3, 0.4) is 0 Å². The van der Waals surface area contributed by atoms with Crippen molar-refractivity contribution in [3.63, 3.8) is 0 Å². The van der Waals surface area contributed by atoms with Crippen LogP contribution in [0, 0.1) is 63.2 Å². The van der Waals surface area contributed by atoms with Crippen molar-refractivity contribution in [2.24, 2.45) is 69.9 Å². The number of halogens is 6. The molecule has 552 valence electrons. The summed E-state index contributed by atoms with van der Waals surface area (Å²) in [5.41, 5.74) is 43.8. The summed E-state index contributed by atoms with van der Waals surface area (Å²) < 4.78 is 254. The first-order valence-electron chi connectivity index (χ1n) is 49.4. The highest BCUT2D eigenvalue weighted by Crippen LogP contribution is 2.52. The van der Waals surface area contributed by atoms with Gasteiger partial charge in [-0.15, -0.1) is 0 Å². The fourth-order valence-corrected chi connectivity index (χ4v) is 16.1. The Hall–Kier alpha value is -7.68. The summed E-state index contributed by atoms with van der Waals surface area (Å²) in [5.74, 6) is -10.7. The number of hydrogen-bond acceptors (Lipinski definition) is 6. The average molecular weight is 1570 g/mol. The number of amides is 6. The van der Waals surface area contributed by atoms with Gasteiger partial charge >= 0.3 is 0 Å². The molecular formula is C88H92Cl6N6O6. The Bertz CT molecular complexity index is 6580. The number of aryl methyl sites for hydroxylation is 2. The maximum Gasteiger partial charge on any atom is 0.224 e. The van der Waals surface area contributed by atoms with E-state index in [2.05, 4.69) is 0 Å². The van der Waals surface area contributed by atoms with E-state index in [4.69, 9.17) is 147 Å². The lowest BCUT2D eigenvalue weighted by Gasteiger charge is -2.22. The lowest BCUT2D eigenvalue weighted by molar-refractivity contribution is -0.121. The topological polar surface area (TPSA) is 259 Å². The molecule has 0 saturated heterocycles. The summed E-state index contributed by atoms with van der Waals surface area (Å²) in [4.78, 5) is 70.8. The lowest BCUT2D eigenvalue weighted by atomic mass is 9.82. The fraction of sp³-hybridized carbons (Fsp3) is 0.386. The zero-order valence-corrected chi connectivity index (χ0v) is 62.2. The molecule has 0 aromatic heterocycles. The number of nitrogens with two attached hydrogens (primary N) is 6. The van der Waals surface area contributed by atoms with Gasteiger partial charge in [-0.3, -0.25) is 28.8 Å². The number of rotatable bonds is 6. The maximum absolute atomic E-state index is 11.8. The molecule has 12 nitrogen and oxygen atoms in total. The molecule has 6 aromatic rings. The molecule has 0 fully saturated rings. The second-order valence-electron chi connectivity index (χ2n) is 27.0. The highest BCUT2D eigenvalue weighted by molar-refractivity contribution is 6.33. The van der Waals surface area contributed by atoms with Crippen molar-refractivity contribution in [1.82, 2.24) is 0 Å². The molecule has 12 aliphatic rings. The van der Waals surface area contributed by atoms with Gasteiger partial charge in [-0.25, -0.2) is 0 Å². The van der Waals surface area contributed by atoms with Crippen LogP contribution in [-0.2, 0) is 67.3 Å².